The predicted molar refractivity (Wildman–Crippen MR) is 80.2 cm³/mol. The minimum atomic E-state index is -0.518. The second kappa shape index (κ2) is 5.13. The van der Waals surface area contributed by atoms with E-state index in [0.717, 1.165) is 21.5 Å². The number of fused-ring (bicyclic) bond motifs is 1. The number of carbonyl (C=O) groups is 1. The van der Waals surface area contributed by atoms with E-state index in [1.807, 2.05) is 30.3 Å². The van der Waals surface area contributed by atoms with Crippen molar-refractivity contribution in [1.29, 1.82) is 0 Å². The van der Waals surface area contributed by atoms with Crippen molar-refractivity contribution < 1.29 is 9.53 Å². The zero-order valence-corrected chi connectivity index (χ0v) is 12.7. The molecule has 0 aliphatic carbocycles. The van der Waals surface area contributed by atoms with Crippen LogP contribution in [0.1, 0.15) is 25.1 Å². The van der Waals surface area contributed by atoms with Crippen molar-refractivity contribution in [3.05, 3.63) is 46.0 Å². The third kappa shape index (κ3) is 2.49. The number of nitrogens with zero attached hydrogens (tertiary/aromatic N) is 1. The molecule has 1 aromatic rings. The molecule has 3 rings (SSSR count). The van der Waals surface area contributed by atoms with Crippen LogP contribution in [-0.2, 0) is 9.53 Å². The third-order valence-electron chi connectivity index (χ3n) is 3.08. The van der Waals surface area contributed by atoms with Gasteiger partial charge in [0.05, 0.1) is 5.57 Å². The fraction of sp³-hybridized carbons (Fsp3) is 0.286. The van der Waals surface area contributed by atoms with Crippen LogP contribution in [0.15, 0.2) is 45.4 Å². The molecule has 3 nitrogen and oxygen atoms in total. The summed E-state index contributed by atoms with van der Waals surface area (Å²) in [6.07, 6.45) is 2.43. The van der Waals surface area contributed by atoms with Gasteiger partial charge in [-0.25, -0.2) is 9.79 Å². The highest BCUT2D eigenvalue weighted by molar-refractivity contribution is 9.10. The van der Waals surface area contributed by atoms with Crippen molar-refractivity contribution >= 4 is 38.7 Å². The molecule has 0 radical (unpaired) electrons. The molecule has 0 saturated carbocycles. The molecular formula is C14H12BrNO2S. The number of hydrogen-bond donors (Lipinski definition) is 0. The molecule has 2 atom stereocenters. The molecule has 0 amide bonds. The maximum atomic E-state index is 12.0. The first kappa shape index (κ1) is 12.9. The molecule has 0 aromatic heterocycles. The predicted octanol–water partition coefficient (Wildman–Crippen LogP) is 3.85. The van der Waals surface area contributed by atoms with Crippen LogP contribution in [-0.4, -0.2) is 16.3 Å². The van der Waals surface area contributed by atoms with Gasteiger partial charge in [-0.15, -0.1) is 0 Å². The van der Waals surface area contributed by atoms with Crippen LogP contribution in [0.3, 0.4) is 0 Å². The summed E-state index contributed by atoms with van der Waals surface area (Å²) in [7, 11) is 0. The van der Waals surface area contributed by atoms with E-state index in [-0.39, 0.29) is 5.97 Å². The second-order valence-corrected chi connectivity index (χ2v) is 6.53. The lowest BCUT2D eigenvalue weighted by Crippen LogP contribution is -2.21. The third-order valence-corrected chi connectivity index (χ3v) is 4.93. The van der Waals surface area contributed by atoms with Crippen LogP contribution in [0, 0.1) is 0 Å². The average Bonchev–Trinajstić information content (AvgIpc) is 2.83. The van der Waals surface area contributed by atoms with Gasteiger partial charge in [0, 0.05) is 15.3 Å². The number of hydrogen-bond acceptors (Lipinski definition) is 4. The van der Waals surface area contributed by atoms with E-state index >= 15 is 0 Å². The number of aliphatic imine (C=N–C) groups is 1. The topological polar surface area (TPSA) is 38.7 Å². The molecule has 2 aliphatic heterocycles. The lowest BCUT2D eigenvalue weighted by Gasteiger charge is -2.20. The molecule has 19 heavy (non-hydrogen) atoms. The number of rotatable bonds is 2. The Morgan fingerprint density at radius 1 is 1.37 bits per heavy atom. The summed E-state index contributed by atoms with van der Waals surface area (Å²) in [4.78, 5) is 16.5. The molecule has 0 N–H and O–H groups in total. The van der Waals surface area contributed by atoms with Gasteiger partial charge in [0.2, 0.25) is 6.23 Å². The summed E-state index contributed by atoms with van der Waals surface area (Å²) in [6.45, 7) is 2.10. The zero-order valence-electron chi connectivity index (χ0n) is 10.3. The van der Waals surface area contributed by atoms with E-state index in [2.05, 4.69) is 27.8 Å². The Labute approximate surface area is 124 Å². The minimum absolute atomic E-state index is 0.263. The second-order valence-electron chi connectivity index (χ2n) is 4.39. The molecule has 2 unspecified atom stereocenters. The Kier molecular flexibility index (Phi) is 3.50. The van der Waals surface area contributed by atoms with Crippen molar-refractivity contribution in [3.63, 3.8) is 0 Å². The van der Waals surface area contributed by atoms with Crippen LogP contribution >= 0.6 is 27.7 Å². The SMILES string of the molecule is CCC1C=C2C(=O)OC(c3ccc(Br)cc3)N=C2S1. The van der Waals surface area contributed by atoms with Gasteiger partial charge in [-0.05, 0) is 18.6 Å². The number of benzene rings is 1. The number of halogens is 1. The molecule has 0 saturated heterocycles. The van der Waals surface area contributed by atoms with Crippen molar-refractivity contribution in [2.24, 2.45) is 4.99 Å². The summed E-state index contributed by atoms with van der Waals surface area (Å²) in [5, 5.41) is 1.15. The van der Waals surface area contributed by atoms with E-state index < -0.39 is 6.23 Å². The molecule has 5 heteroatoms. The monoisotopic (exact) mass is 337 g/mol. The quantitative estimate of drug-likeness (QED) is 0.769. The first-order valence-electron chi connectivity index (χ1n) is 6.10. The van der Waals surface area contributed by atoms with Crippen LogP contribution in [0.5, 0.6) is 0 Å². The van der Waals surface area contributed by atoms with E-state index in [9.17, 15) is 4.79 Å². The lowest BCUT2D eigenvalue weighted by atomic mass is 10.1. The first-order chi connectivity index (χ1) is 9.17. The minimum Gasteiger partial charge on any atom is -0.432 e. The van der Waals surface area contributed by atoms with Crippen LogP contribution in [0.4, 0.5) is 0 Å². The maximum Gasteiger partial charge on any atom is 0.342 e. The zero-order chi connectivity index (χ0) is 13.4. The normalized spacial score (nSPS) is 25.5. The molecule has 2 aliphatic rings. The molecule has 0 bridgehead atoms. The Hall–Kier alpha value is -1.07. The lowest BCUT2D eigenvalue weighted by molar-refractivity contribution is -0.144. The number of cyclic esters (lactones) is 1. The average molecular weight is 338 g/mol. The highest BCUT2D eigenvalue weighted by Crippen LogP contribution is 2.37. The van der Waals surface area contributed by atoms with Gasteiger partial charge in [-0.1, -0.05) is 52.8 Å². The smallest absolute Gasteiger partial charge is 0.342 e. The summed E-state index contributed by atoms with van der Waals surface area (Å²) in [5.74, 6) is -0.263. The van der Waals surface area contributed by atoms with Crippen molar-refractivity contribution in [3.8, 4) is 0 Å². The highest BCUT2D eigenvalue weighted by Gasteiger charge is 2.34. The van der Waals surface area contributed by atoms with E-state index in [4.69, 9.17) is 4.74 Å². The van der Waals surface area contributed by atoms with Crippen molar-refractivity contribution in [1.82, 2.24) is 0 Å². The molecule has 0 spiro atoms. The van der Waals surface area contributed by atoms with Crippen LogP contribution in [0.2, 0.25) is 0 Å². The maximum absolute atomic E-state index is 12.0. The summed E-state index contributed by atoms with van der Waals surface area (Å²) in [6, 6.07) is 7.67. The van der Waals surface area contributed by atoms with Gasteiger partial charge in [0.25, 0.3) is 0 Å². The molecule has 0 fully saturated rings. The van der Waals surface area contributed by atoms with Gasteiger partial charge in [-0.3, -0.25) is 0 Å². The van der Waals surface area contributed by atoms with E-state index in [1.165, 1.54) is 0 Å². The largest absolute Gasteiger partial charge is 0.432 e. The molecular weight excluding hydrogens is 326 g/mol. The number of thioether (sulfide) groups is 1. The van der Waals surface area contributed by atoms with Crippen LogP contribution in [0.25, 0.3) is 0 Å². The number of esters is 1. The Morgan fingerprint density at radius 3 is 2.79 bits per heavy atom. The van der Waals surface area contributed by atoms with Crippen molar-refractivity contribution in [2.45, 2.75) is 24.8 Å². The number of carbonyl (C=O) groups excluding carboxylic acids is 1. The van der Waals surface area contributed by atoms with Gasteiger partial charge in [0.15, 0.2) is 0 Å². The Bertz CT molecular complexity index is 580. The Morgan fingerprint density at radius 2 is 2.11 bits per heavy atom. The fourth-order valence-electron chi connectivity index (χ4n) is 2.02. The highest BCUT2D eigenvalue weighted by atomic mass is 79.9. The summed E-state index contributed by atoms with van der Waals surface area (Å²) in [5.41, 5.74) is 1.52. The van der Waals surface area contributed by atoms with Gasteiger partial charge in [-0.2, -0.15) is 0 Å². The summed E-state index contributed by atoms with van der Waals surface area (Å²) < 4.78 is 6.39. The first-order valence-corrected chi connectivity index (χ1v) is 7.77. The fourth-order valence-corrected chi connectivity index (χ4v) is 3.38. The summed E-state index contributed by atoms with van der Waals surface area (Å²) >= 11 is 5.03. The number of ether oxygens (including phenoxy) is 1. The van der Waals surface area contributed by atoms with Crippen molar-refractivity contribution in [2.75, 3.05) is 0 Å². The van der Waals surface area contributed by atoms with Gasteiger partial charge < -0.3 is 4.74 Å². The molecule has 2 heterocycles. The van der Waals surface area contributed by atoms with Gasteiger partial charge in [0.1, 0.15) is 5.04 Å². The van der Waals surface area contributed by atoms with Crippen LogP contribution < -0.4 is 0 Å². The Balaban J connectivity index is 1.91. The molecule has 1 aromatic carbocycles. The van der Waals surface area contributed by atoms with E-state index in [0.29, 0.717) is 10.8 Å². The standard InChI is InChI=1S/C14H12BrNO2S/c1-2-10-7-11-13(19-10)16-12(18-14(11)17)8-3-5-9(15)6-4-8/h3-7,10,12H,2H2,1H3. The van der Waals surface area contributed by atoms with E-state index in [1.54, 1.807) is 11.8 Å². The van der Waals surface area contributed by atoms with Gasteiger partial charge >= 0.3 is 5.97 Å². The molecule has 98 valence electrons.